The Hall–Kier alpha value is -2.15. The highest BCUT2D eigenvalue weighted by atomic mass is 19.3. The first kappa shape index (κ1) is 17.9. The number of ether oxygens (including phenoxy) is 2. The number of hydrogen-bond acceptors (Lipinski definition) is 5. The van der Waals surface area contributed by atoms with Gasteiger partial charge in [0, 0.05) is 6.21 Å². The summed E-state index contributed by atoms with van der Waals surface area (Å²) in [5.74, 6) is -1.02. The van der Waals surface area contributed by atoms with Crippen LogP contribution in [0.5, 0.6) is 0 Å². The summed E-state index contributed by atoms with van der Waals surface area (Å²) in [6, 6.07) is 8.36. The van der Waals surface area contributed by atoms with Gasteiger partial charge in [-0.1, -0.05) is 18.2 Å². The molecule has 1 rings (SSSR count). The van der Waals surface area contributed by atoms with Crippen molar-refractivity contribution in [2.45, 2.75) is 39.1 Å². The first-order valence-corrected chi connectivity index (χ1v) is 6.53. The molecule has 0 spiro atoms. The molecular weight excluding hydrogens is 294 g/mol. The zero-order valence-electron chi connectivity index (χ0n) is 12.5. The van der Waals surface area contributed by atoms with E-state index in [-0.39, 0.29) is 5.71 Å². The van der Waals surface area contributed by atoms with Crippen LogP contribution in [0.15, 0.2) is 35.3 Å². The molecule has 0 amide bonds. The zero-order chi connectivity index (χ0) is 16.8. The maximum absolute atomic E-state index is 12.6. The molecular formula is C15H18F2N2O3. The molecule has 1 aromatic rings. The van der Waals surface area contributed by atoms with Gasteiger partial charge in [-0.2, -0.15) is 8.78 Å². The number of nitrogens with one attached hydrogen (secondary N) is 1. The molecule has 0 aliphatic heterocycles. The smallest absolute Gasteiger partial charge is 0.346 e. The molecule has 0 aliphatic carbocycles. The number of carbonyl (C=O) groups is 1. The van der Waals surface area contributed by atoms with Crippen LogP contribution in [-0.2, 0) is 14.3 Å². The van der Waals surface area contributed by atoms with Gasteiger partial charge in [0.15, 0.2) is 0 Å². The maximum Gasteiger partial charge on any atom is 0.346 e. The normalized spacial score (nSPS) is 13.8. The lowest BCUT2D eigenvalue weighted by atomic mass is 10.1. The molecule has 22 heavy (non-hydrogen) atoms. The molecule has 0 heterocycles. The van der Waals surface area contributed by atoms with Crippen LogP contribution in [0.25, 0.3) is 0 Å². The highest BCUT2D eigenvalue weighted by Gasteiger charge is 2.32. The summed E-state index contributed by atoms with van der Waals surface area (Å²) in [5, 5.41) is 7.32. The Morgan fingerprint density at radius 1 is 1.27 bits per heavy atom. The lowest BCUT2D eigenvalue weighted by Gasteiger charge is -2.23. The fraction of sp³-hybridized carbons (Fsp3) is 0.400. The number of benzene rings is 1. The van der Waals surface area contributed by atoms with Crippen LogP contribution >= 0.6 is 0 Å². The van der Waals surface area contributed by atoms with Crippen molar-refractivity contribution in [3.8, 4) is 0 Å². The van der Waals surface area contributed by atoms with E-state index in [1.807, 2.05) is 0 Å². The Balaban J connectivity index is 3.09. The monoisotopic (exact) mass is 312 g/mol. The molecule has 7 heteroatoms. The van der Waals surface area contributed by atoms with Gasteiger partial charge >= 0.3 is 12.6 Å². The van der Waals surface area contributed by atoms with E-state index in [0.29, 0.717) is 11.9 Å². The fourth-order valence-corrected chi connectivity index (χ4v) is 1.52. The van der Waals surface area contributed by atoms with E-state index >= 15 is 0 Å². The predicted octanol–water partition coefficient (Wildman–Crippen LogP) is 3.36. The lowest BCUT2D eigenvalue weighted by Crippen LogP contribution is -2.40. The highest BCUT2D eigenvalue weighted by Crippen LogP contribution is 2.16. The third kappa shape index (κ3) is 6.09. The standard InChI is InChI=1S/C15H18F2N2O3/c1-15(2,3)22-13(20)12(21-14(16)17)11(9-18)19-10-7-5-4-6-8-10/h4-9,12,14,18H,1-3H3. The minimum atomic E-state index is -3.20. The minimum Gasteiger partial charge on any atom is -0.458 e. The Morgan fingerprint density at radius 2 is 1.86 bits per heavy atom. The number of esters is 1. The molecule has 0 aromatic heterocycles. The number of nitrogens with zero attached hydrogens (tertiary/aromatic N) is 1. The second kappa shape index (κ2) is 7.74. The van der Waals surface area contributed by atoms with Crippen molar-refractivity contribution in [3.05, 3.63) is 30.3 Å². The second-order valence-electron chi connectivity index (χ2n) is 5.33. The van der Waals surface area contributed by atoms with Crippen LogP contribution in [0.2, 0.25) is 0 Å². The van der Waals surface area contributed by atoms with Crippen molar-refractivity contribution >= 4 is 23.6 Å². The van der Waals surface area contributed by atoms with Gasteiger partial charge in [-0.15, -0.1) is 0 Å². The number of rotatable bonds is 6. The Labute approximate surface area is 127 Å². The van der Waals surface area contributed by atoms with Crippen LogP contribution in [0.3, 0.4) is 0 Å². The number of alkyl halides is 2. The summed E-state index contributed by atoms with van der Waals surface area (Å²) in [5.41, 5.74) is -0.728. The van der Waals surface area contributed by atoms with Crippen molar-refractivity contribution in [1.82, 2.24) is 0 Å². The first-order valence-electron chi connectivity index (χ1n) is 6.53. The number of para-hydroxylation sites is 1. The summed E-state index contributed by atoms with van der Waals surface area (Å²) in [6.45, 7) is 1.60. The van der Waals surface area contributed by atoms with Crippen LogP contribution in [-0.4, -0.2) is 36.2 Å². The third-order valence-corrected chi connectivity index (χ3v) is 2.29. The highest BCUT2D eigenvalue weighted by molar-refractivity contribution is 6.36. The van der Waals surface area contributed by atoms with E-state index in [0.717, 1.165) is 0 Å². The molecule has 0 saturated heterocycles. The van der Waals surface area contributed by atoms with Gasteiger partial charge in [0.1, 0.15) is 5.60 Å². The van der Waals surface area contributed by atoms with E-state index < -0.39 is 24.3 Å². The van der Waals surface area contributed by atoms with Crippen molar-refractivity contribution < 1.29 is 23.0 Å². The topological polar surface area (TPSA) is 71.7 Å². The molecule has 0 fully saturated rings. The van der Waals surface area contributed by atoms with E-state index in [1.54, 1.807) is 51.1 Å². The molecule has 0 bridgehead atoms. The SMILES string of the molecule is CC(C)(C)OC(=O)C(OC(F)F)C(C=N)=Nc1ccccc1. The van der Waals surface area contributed by atoms with Crippen LogP contribution in [0, 0.1) is 5.41 Å². The van der Waals surface area contributed by atoms with Crippen molar-refractivity contribution in [1.29, 1.82) is 5.41 Å². The minimum absolute atomic E-state index is 0.263. The molecule has 120 valence electrons. The van der Waals surface area contributed by atoms with Crippen molar-refractivity contribution in [2.75, 3.05) is 0 Å². The van der Waals surface area contributed by atoms with Crippen molar-refractivity contribution in [2.24, 2.45) is 4.99 Å². The van der Waals surface area contributed by atoms with E-state index in [4.69, 9.17) is 10.1 Å². The van der Waals surface area contributed by atoms with Gasteiger partial charge in [0.2, 0.25) is 6.10 Å². The van der Waals surface area contributed by atoms with Gasteiger partial charge in [-0.3, -0.25) is 0 Å². The van der Waals surface area contributed by atoms with E-state index in [9.17, 15) is 13.6 Å². The summed E-state index contributed by atoms with van der Waals surface area (Å²) in [6.07, 6.45) is -1.07. The Bertz CT molecular complexity index is 539. The lowest BCUT2D eigenvalue weighted by molar-refractivity contribution is -0.187. The van der Waals surface area contributed by atoms with Crippen LogP contribution in [0.4, 0.5) is 14.5 Å². The number of hydrogen-bond donors (Lipinski definition) is 1. The summed E-state index contributed by atoms with van der Waals surface area (Å²) < 4.78 is 34.4. The van der Waals surface area contributed by atoms with E-state index in [1.165, 1.54) is 0 Å². The zero-order valence-corrected chi connectivity index (χ0v) is 12.5. The van der Waals surface area contributed by atoms with Crippen LogP contribution in [0.1, 0.15) is 20.8 Å². The summed E-state index contributed by atoms with van der Waals surface area (Å²) in [4.78, 5) is 16.0. The molecule has 5 nitrogen and oxygen atoms in total. The number of aliphatic imine (C=N–C) groups is 1. The van der Waals surface area contributed by atoms with Gasteiger partial charge in [0.25, 0.3) is 0 Å². The molecule has 1 N–H and O–H groups in total. The molecule has 0 saturated carbocycles. The third-order valence-electron chi connectivity index (χ3n) is 2.29. The van der Waals surface area contributed by atoms with Crippen LogP contribution < -0.4 is 0 Å². The molecule has 1 atom stereocenters. The van der Waals surface area contributed by atoms with E-state index in [2.05, 4.69) is 9.73 Å². The Kier molecular flexibility index (Phi) is 6.30. The molecule has 0 radical (unpaired) electrons. The first-order chi connectivity index (χ1) is 10.2. The van der Waals surface area contributed by atoms with Crippen molar-refractivity contribution in [3.63, 3.8) is 0 Å². The second-order valence-corrected chi connectivity index (χ2v) is 5.33. The van der Waals surface area contributed by atoms with Gasteiger partial charge in [-0.05, 0) is 32.9 Å². The molecule has 0 aliphatic rings. The average Bonchev–Trinajstić information content (AvgIpc) is 2.41. The quantitative estimate of drug-likeness (QED) is 0.646. The van der Waals surface area contributed by atoms with Gasteiger partial charge < -0.3 is 14.9 Å². The van der Waals surface area contributed by atoms with Gasteiger partial charge in [0.05, 0.1) is 11.4 Å². The van der Waals surface area contributed by atoms with Gasteiger partial charge in [-0.25, -0.2) is 9.79 Å². The average molecular weight is 312 g/mol. The number of carbonyl (C=O) groups excluding carboxylic acids is 1. The summed E-state index contributed by atoms with van der Waals surface area (Å²) in [7, 11) is 0. The summed E-state index contributed by atoms with van der Waals surface area (Å²) >= 11 is 0. The molecule has 1 unspecified atom stereocenters. The largest absolute Gasteiger partial charge is 0.458 e. The number of halogens is 2. The molecule has 1 aromatic carbocycles. The fourth-order valence-electron chi connectivity index (χ4n) is 1.52. The maximum atomic E-state index is 12.6. The predicted molar refractivity (Wildman–Crippen MR) is 79.0 cm³/mol. The Morgan fingerprint density at radius 3 is 2.32 bits per heavy atom.